The summed E-state index contributed by atoms with van der Waals surface area (Å²) in [5.74, 6) is 0.0272. The van der Waals surface area contributed by atoms with Crippen molar-refractivity contribution < 1.29 is 31.0 Å². The van der Waals surface area contributed by atoms with Crippen LogP contribution in [0.2, 0.25) is 0 Å². The Morgan fingerprint density at radius 2 is 1.75 bits per heavy atom. The molecule has 0 aromatic rings. The van der Waals surface area contributed by atoms with Gasteiger partial charge in [-0.3, -0.25) is 0 Å². The first-order valence-corrected chi connectivity index (χ1v) is 12.7. The molecule has 0 spiro atoms. The van der Waals surface area contributed by atoms with E-state index in [1.165, 1.54) is 19.3 Å². The van der Waals surface area contributed by atoms with Gasteiger partial charge in [0, 0.05) is 0 Å². The number of carbonyl (C=O) groups is 1. The summed E-state index contributed by atoms with van der Waals surface area (Å²) in [7, 11) is 0. The van der Waals surface area contributed by atoms with Gasteiger partial charge in [-0.2, -0.15) is 0 Å². The van der Waals surface area contributed by atoms with Gasteiger partial charge < -0.3 is 0 Å². The number of nitrogens with one attached hydrogen (secondary N) is 3. The van der Waals surface area contributed by atoms with Crippen molar-refractivity contribution in [3.05, 3.63) is 0 Å². The molecule has 3 aliphatic heterocycles. The van der Waals surface area contributed by atoms with Crippen LogP contribution in [0.1, 0.15) is 52.9 Å². The summed E-state index contributed by atoms with van der Waals surface area (Å²) < 4.78 is 16.3. The van der Waals surface area contributed by atoms with Gasteiger partial charge in [0.2, 0.25) is 0 Å². The molecule has 1 saturated carbocycles. The summed E-state index contributed by atoms with van der Waals surface area (Å²) in [5.41, 5.74) is -0.246. The summed E-state index contributed by atoms with van der Waals surface area (Å²) in [4.78, 5) is 12.8. The second-order valence-corrected chi connectivity index (χ2v) is 14.2. The first kappa shape index (κ1) is 14.4. The van der Waals surface area contributed by atoms with E-state index in [0.29, 0.717) is 0 Å². The average Bonchev–Trinajstić information content (AvgIpc) is 3.16. The number of hydrogen-bond acceptors (Lipinski definition) is 5. The van der Waals surface area contributed by atoms with Gasteiger partial charge in [-0.25, -0.2) is 0 Å². The molecule has 3 N–H and O–H groups in total. The van der Waals surface area contributed by atoms with Gasteiger partial charge in [0.15, 0.2) is 0 Å². The molecule has 1 atom stereocenters. The van der Waals surface area contributed by atoms with Crippen molar-refractivity contribution in [2.24, 2.45) is 5.41 Å². The predicted molar refractivity (Wildman–Crippen MR) is 80.3 cm³/mol. The van der Waals surface area contributed by atoms with E-state index in [-0.39, 0.29) is 45.7 Å². The van der Waals surface area contributed by atoms with Crippen molar-refractivity contribution in [1.29, 1.82) is 0 Å². The molecule has 0 amide bonds. The van der Waals surface area contributed by atoms with Gasteiger partial charge in [0.25, 0.3) is 0 Å². The number of halogens is 2. The average molecular weight is 506 g/mol. The Balaban J connectivity index is 1.55. The third kappa shape index (κ3) is 1.85. The van der Waals surface area contributed by atoms with Gasteiger partial charge in [-0.15, -0.1) is 0 Å². The molecule has 0 aromatic heterocycles. The van der Waals surface area contributed by atoms with Gasteiger partial charge in [-0.1, -0.05) is 0 Å². The summed E-state index contributed by atoms with van der Waals surface area (Å²) in [6, 6.07) is 0. The predicted octanol–water partition coefficient (Wildman–Crippen LogP) is -1.22. The molecule has 20 heavy (non-hydrogen) atoms. The molecule has 0 bridgehead atoms. The Bertz CT molecular complexity index is 461. The standard InChI is InChI=1S/C13H22I2N3O2/c1-10(2,3)11(7-5-4-6-8-11)20-9(19)12(14-16-12)13-15(17-13)18-13/h16-18H,4-8H2,1-3H3/q-1. The van der Waals surface area contributed by atoms with Gasteiger partial charge in [-0.05, 0) is 0 Å². The Hall–Kier alpha value is 0.810. The van der Waals surface area contributed by atoms with E-state index in [0.717, 1.165) is 12.8 Å². The fraction of sp³-hybridized carbons (Fsp3) is 0.923. The minimum atomic E-state index is -1.10. The number of ether oxygens (including phenoxy) is 1. The van der Waals surface area contributed by atoms with Crippen LogP contribution in [0.25, 0.3) is 0 Å². The monoisotopic (exact) mass is 506 g/mol. The molecule has 116 valence electrons. The maximum atomic E-state index is 12.8. The van der Waals surface area contributed by atoms with Crippen molar-refractivity contribution >= 4 is 26.3 Å². The molecule has 1 aliphatic carbocycles. The molecular formula is C13H22I2N3O2-. The van der Waals surface area contributed by atoms with Gasteiger partial charge in [0.05, 0.1) is 0 Å². The molecule has 5 nitrogen and oxygen atoms in total. The Kier molecular flexibility index (Phi) is 3.03. The van der Waals surface area contributed by atoms with E-state index in [2.05, 4.69) is 31.4 Å². The van der Waals surface area contributed by atoms with Gasteiger partial charge >= 0.3 is 139 Å². The normalized spacial score (nSPS) is 38.2. The molecule has 3 heterocycles. The summed E-state index contributed by atoms with van der Waals surface area (Å²) in [6.07, 6.45) is 5.68. The van der Waals surface area contributed by atoms with Gasteiger partial charge in [0.1, 0.15) is 0 Å². The second-order valence-electron chi connectivity index (χ2n) is 7.17. The van der Waals surface area contributed by atoms with Crippen LogP contribution in [-0.4, -0.2) is 18.8 Å². The van der Waals surface area contributed by atoms with Crippen molar-refractivity contribution in [3.63, 3.8) is 0 Å². The molecule has 3 saturated heterocycles. The van der Waals surface area contributed by atoms with Crippen LogP contribution >= 0.6 is 20.4 Å². The van der Waals surface area contributed by atoms with E-state index in [1.54, 1.807) is 0 Å². The molecular weight excluding hydrogens is 484 g/mol. The van der Waals surface area contributed by atoms with Crippen molar-refractivity contribution in [2.75, 3.05) is 0 Å². The van der Waals surface area contributed by atoms with Crippen LogP contribution < -0.4 is 32.1 Å². The molecule has 0 radical (unpaired) electrons. The SMILES string of the molecule is CC(C)(C)C1(OC(=O)C2(C34NI3N4)N[I-]2)CCCCC1. The molecule has 4 rings (SSSR count). The zero-order chi connectivity index (χ0) is 14.2. The van der Waals surface area contributed by atoms with Crippen LogP contribution in [0, 0.1) is 5.41 Å². The number of esters is 1. The van der Waals surface area contributed by atoms with E-state index < -0.39 is 20.4 Å². The van der Waals surface area contributed by atoms with E-state index in [9.17, 15) is 4.79 Å². The Morgan fingerprint density at radius 3 is 2.15 bits per heavy atom. The maximum absolute atomic E-state index is 12.8. The summed E-state index contributed by atoms with van der Waals surface area (Å²) in [6.45, 7) is 6.65. The van der Waals surface area contributed by atoms with E-state index in [1.807, 2.05) is 0 Å². The molecule has 1 unspecified atom stereocenters. The second kappa shape index (κ2) is 4.21. The Labute approximate surface area is 138 Å². The first-order valence-electron chi connectivity index (χ1n) is 7.26. The van der Waals surface area contributed by atoms with E-state index in [4.69, 9.17) is 4.74 Å². The topological polar surface area (TPSA) is 92.1 Å². The first-order chi connectivity index (χ1) is 9.35. The fourth-order valence-electron chi connectivity index (χ4n) is 3.26. The van der Waals surface area contributed by atoms with Crippen LogP contribution in [-0.2, 0) is 9.53 Å². The quantitative estimate of drug-likeness (QED) is 0.112. The number of rotatable bonds is 3. The third-order valence-corrected chi connectivity index (χ3v) is 13.5. The van der Waals surface area contributed by atoms with Crippen LogP contribution in [0.4, 0.5) is 0 Å². The van der Waals surface area contributed by atoms with Crippen molar-refractivity contribution in [2.45, 2.75) is 65.7 Å². The zero-order valence-electron chi connectivity index (χ0n) is 12.1. The minimum absolute atomic E-state index is 0.0153. The molecule has 0 aromatic carbocycles. The number of alkyl halides is 2. The fourth-order valence-corrected chi connectivity index (χ4v) is 13.3. The van der Waals surface area contributed by atoms with Crippen LogP contribution in [0.3, 0.4) is 0 Å². The van der Waals surface area contributed by atoms with Crippen molar-refractivity contribution in [3.8, 4) is 0 Å². The summed E-state index contributed by atoms with van der Waals surface area (Å²) in [5, 5.41) is 0. The van der Waals surface area contributed by atoms with Crippen LogP contribution in [0.5, 0.6) is 0 Å². The number of hydrogen-bond donors (Lipinski definition) is 3. The third-order valence-electron chi connectivity index (χ3n) is 5.02. The molecule has 4 aliphatic rings. The number of fused-ring (bicyclic) bond motifs is 1. The molecule has 7 heteroatoms. The Morgan fingerprint density at radius 1 is 1.20 bits per heavy atom. The zero-order valence-corrected chi connectivity index (χ0v) is 16.4. The molecule has 4 fully saturated rings. The van der Waals surface area contributed by atoms with Crippen molar-refractivity contribution in [1.82, 2.24) is 10.6 Å². The number of carbonyl (C=O) groups excluding carboxylic acids is 1. The van der Waals surface area contributed by atoms with E-state index >= 15 is 0 Å². The summed E-state index contributed by atoms with van der Waals surface area (Å²) >= 11 is -1.34. The van der Waals surface area contributed by atoms with Crippen LogP contribution in [0.15, 0.2) is 0 Å².